The van der Waals surface area contributed by atoms with Crippen LogP contribution in [0.1, 0.15) is 19.2 Å². The molecule has 4 heteroatoms. The van der Waals surface area contributed by atoms with Crippen LogP contribution < -0.4 is 0 Å². The molecule has 1 aliphatic heterocycles. The van der Waals surface area contributed by atoms with Crippen LogP contribution in [0.3, 0.4) is 0 Å². The zero-order valence-corrected chi connectivity index (χ0v) is 11.0. The minimum atomic E-state index is 0.0729. The van der Waals surface area contributed by atoms with Crippen molar-refractivity contribution < 1.29 is 13.9 Å². The number of hydrogen-bond acceptors (Lipinski definition) is 4. The van der Waals surface area contributed by atoms with E-state index in [9.17, 15) is 4.79 Å². The maximum absolute atomic E-state index is 12.3. The monoisotopic (exact) mass is 259 g/mol. The standard InChI is InChI=1S/C15H17NO3/c1-10-9-18-7-6-11(10)13(17)8-15-16-12-4-2-3-5-14(12)19-15/h2-5,10-11H,6-9H2,1H3. The van der Waals surface area contributed by atoms with E-state index in [0.29, 0.717) is 19.1 Å². The first-order valence-electron chi connectivity index (χ1n) is 6.69. The van der Waals surface area contributed by atoms with E-state index in [0.717, 1.165) is 17.5 Å². The van der Waals surface area contributed by atoms with Crippen molar-refractivity contribution in [3.8, 4) is 0 Å². The van der Waals surface area contributed by atoms with Gasteiger partial charge in [0.25, 0.3) is 0 Å². The Labute approximate surface area is 111 Å². The third-order valence-corrected chi connectivity index (χ3v) is 3.72. The molecule has 0 spiro atoms. The molecule has 1 saturated heterocycles. The van der Waals surface area contributed by atoms with Crippen LogP contribution in [-0.2, 0) is 16.0 Å². The number of benzene rings is 1. The smallest absolute Gasteiger partial charge is 0.202 e. The van der Waals surface area contributed by atoms with Crippen molar-refractivity contribution in [2.75, 3.05) is 13.2 Å². The highest BCUT2D eigenvalue weighted by Gasteiger charge is 2.29. The number of hydrogen-bond donors (Lipinski definition) is 0. The maximum atomic E-state index is 12.3. The summed E-state index contributed by atoms with van der Waals surface area (Å²) in [7, 11) is 0. The van der Waals surface area contributed by atoms with E-state index >= 15 is 0 Å². The van der Waals surface area contributed by atoms with Gasteiger partial charge in [-0.2, -0.15) is 0 Å². The van der Waals surface area contributed by atoms with Crippen molar-refractivity contribution in [2.45, 2.75) is 19.8 Å². The summed E-state index contributed by atoms with van der Waals surface area (Å²) in [5.74, 6) is 1.08. The molecular weight excluding hydrogens is 242 g/mol. The Balaban J connectivity index is 1.75. The Bertz CT molecular complexity index is 557. The molecular formula is C15H17NO3. The number of carbonyl (C=O) groups is 1. The minimum absolute atomic E-state index is 0.0729. The first kappa shape index (κ1) is 12.4. The van der Waals surface area contributed by atoms with Crippen LogP contribution in [0.5, 0.6) is 0 Å². The summed E-state index contributed by atoms with van der Waals surface area (Å²) in [6.07, 6.45) is 1.09. The lowest BCUT2D eigenvalue weighted by Gasteiger charge is -2.27. The number of ketones is 1. The highest BCUT2D eigenvalue weighted by Crippen LogP contribution is 2.24. The van der Waals surface area contributed by atoms with Crippen LogP contribution in [0, 0.1) is 11.8 Å². The van der Waals surface area contributed by atoms with Crippen molar-refractivity contribution in [2.24, 2.45) is 11.8 Å². The molecule has 1 aromatic heterocycles. The van der Waals surface area contributed by atoms with Crippen LogP contribution in [-0.4, -0.2) is 24.0 Å². The van der Waals surface area contributed by atoms with Crippen molar-refractivity contribution in [3.63, 3.8) is 0 Å². The number of para-hydroxylation sites is 2. The van der Waals surface area contributed by atoms with Gasteiger partial charge in [0.15, 0.2) is 5.58 Å². The molecule has 0 amide bonds. The van der Waals surface area contributed by atoms with E-state index in [2.05, 4.69) is 11.9 Å². The minimum Gasteiger partial charge on any atom is -0.440 e. The lowest BCUT2D eigenvalue weighted by Crippen LogP contribution is -2.32. The number of oxazole rings is 1. The number of ether oxygens (including phenoxy) is 1. The van der Waals surface area contributed by atoms with E-state index in [1.54, 1.807) is 0 Å². The van der Waals surface area contributed by atoms with Crippen LogP contribution in [0.15, 0.2) is 28.7 Å². The lowest BCUT2D eigenvalue weighted by atomic mass is 9.85. The molecule has 0 bridgehead atoms. The van der Waals surface area contributed by atoms with Gasteiger partial charge in [0, 0.05) is 19.1 Å². The molecule has 0 saturated carbocycles. The van der Waals surface area contributed by atoms with E-state index in [1.165, 1.54) is 0 Å². The molecule has 2 atom stereocenters. The summed E-state index contributed by atoms with van der Waals surface area (Å²) in [5, 5.41) is 0. The summed E-state index contributed by atoms with van der Waals surface area (Å²) in [6.45, 7) is 3.41. The number of Topliss-reactive ketones (excluding diaryl/α,β-unsaturated/α-hetero) is 1. The zero-order chi connectivity index (χ0) is 13.2. The van der Waals surface area contributed by atoms with Gasteiger partial charge in [0.2, 0.25) is 5.89 Å². The molecule has 0 aliphatic carbocycles. The first-order valence-corrected chi connectivity index (χ1v) is 6.69. The average molecular weight is 259 g/mol. The summed E-state index contributed by atoms with van der Waals surface area (Å²) in [5.41, 5.74) is 1.55. The fourth-order valence-corrected chi connectivity index (χ4v) is 2.63. The van der Waals surface area contributed by atoms with Crippen molar-refractivity contribution in [1.29, 1.82) is 0 Å². The molecule has 100 valence electrons. The van der Waals surface area contributed by atoms with Crippen molar-refractivity contribution in [3.05, 3.63) is 30.2 Å². The van der Waals surface area contributed by atoms with Gasteiger partial charge in [0.1, 0.15) is 11.3 Å². The second kappa shape index (κ2) is 5.13. The largest absolute Gasteiger partial charge is 0.440 e. The molecule has 4 nitrogen and oxygen atoms in total. The Hall–Kier alpha value is -1.68. The predicted octanol–water partition coefficient (Wildman–Crippen LogP) is 2.61. The summed E-state index contributed by atoms with van der Waals surface area (Å²) in [6, 6.07) is 7.58. The fraction of sp³-hybridized carbons (Fsp3) is 0.467. The second-order valence-electron chi connectivity index (χ2n) is 5.17. The maximum Gasteiger partial charge on any atom is 0.202 e. The highest BCUT2D eigenvalue weighted by atomic mass is 16.5. The molecule has 19 heavy (non-hydrogen) atoms. The molecule has 2 unspecified atom stereocenters. The highest BCUT2D eigenvalue weighted by molar-refractivity contribution is 5.83. The van der Waals surface area contributed by atoms with Crippen molar-refractivity contribution >= 4 is 16.9 Å². The molecule has 0 radical (unpaired) electrons. The van der Waals surface area contributed by atoms with Gasteiger partial charge in [-0.3, -0.25) is 4.79 Å². The average Bonchev–Trinajstić information content (AvgIpc) is 2.81. The van der Waals surface area contributed by atoms with Gasteiger partial charge >= 0.3 is 0 Å². The van der Waals surface area contributed by atoms with Gasteiger partial charge in [0.05, 0.1) is 6.42 Å². The third kappa shape index (κ3) is 2.54. The number of aromatic nitrogens is 1. The summed E-state index contributed by atoms with van der Waals surface area (Å²) in [4.78, 5) is 16.7. The third-order valence-electron chi connectivity index (χ3n) is 3.72. The summed E-state index contributed by atoms with van der Waals surface area (Å²) >= 11 is 0. The Morgan fingerprint density at radius 1 is 1.42 bits per heavy atom. The second-order valence-corrected chi connectivity index (χ2v) is 5.17. The molecule has 0 N–H and O–H groups in total. The molecule has 2 heterocycles. The van der Waals surface area contributed by atoms with Crippen LogP contribution >= 0.6 is 0 Å². The van der Waals surface area contributed by atoms with Crippen LogP contribution in [0.2, 0.25) is 0 Å². The lowest BCUT2D eigenvalue weighted by molar-refractivity contribution is -0.128. The van der Waals surface area contributed by atoms with Crippen molar-refractivity contribution in [1.82, 2.24) is 4.98 Å². The molecule has 1 aliphatic rings. The van der Waals surface area contributed by atoms with Gasteiger partial charge in [-0.1, -0.05) is 19.1 Å². The number of rotatable bonds is 3. The number of fused-ring (bicyclic) bond motifs is 1. The van der Waals surface area contributed by atoms with E-state index in [4.69, 9.17) is 9.15 Å². The van der Waals surface area contributed by atoms with Crippen LogP contribution in [0.25, 0.3) is 11.1 Å². The molecule has 3 rings (SSSR count). The Morgan fingerprint density at radius 2 is 2.26 bits per heavy atom. The Kier molecular flexibility index (Phi) is 3.34. The van der Waals surface area contributed by atoms with Gasteiger partial charge < -0.3 is 9.15 Å². The first-order chi connectivity index (χ1) is 9.24. The topological polar surface area (TPSA) is 52.3 Å². The molecule has 2 aromatic rings. The Morgan fingerprint density at radius 3 is 3.05 bits per heavy atom. The van der Waals surface area contributed by atoms with Gasteiger partial charge in [-0.05, 0) is 24.5 Å². The normalized spacial score (nSPS) is 23.6. The van der Waals surface area contributed by atoms with Gasteiger partial charge in [-0.15, -0.1) is 0 Å². The predicted molar refractivity (Wildman–Crippen MR) is 70.8 cm³/mol. The van der Waals surface area contributed by atoms with E-state index in [-0.39, 0.29) is 24.0 Å². The molecule has 1 fully saturated rings. The van der Waals surface area contributed by atoms with Gasteiger partial charge in [-0.25, -0.2) is 4.98 Å². The van der Waals surface area contributed by atoms with E-state index in [1.807, 2.05) is 24.3 Å². The molecule has 1 aromatic carbocycles. The summed E-state index contributed by atoms with van der Waals surface area (Å²) < 4.78 is 11.0. The zero-order valence-electron chi connectivity index (χ0n) is 11.0. The number of carbonyl (C=O) groups excluding carboxylic acids is 1. The quantitative estimate of drug-likeness (QED) is 0.850. The fourth-order valence-electron chi connectivity index (χ4n) is 2.63. The number of nitrogens with zero attached hydrogens (tertiary/aromatic N) is 1. The van der Waals surface area contributed by atoms with E-state index < -0.39 is 0 Å². The van der Waals surface area contributed by atoms with Crippen LogP contribution in [0.4, 0.5) is 0 Å². The SMILES string of the molecule is CC1COCCC1C(=O)Cc1nc2ccccc2o1.